The lowest BCUT2D eigenvalue weighted by Gasteiger charge is -2.22. The zero-order valence-corrected chi connectivity index (χ0v) is 17.7. The van der Waals surface area contributed by atoms with Crippen molar-refractivity contribution in [3.05, 3.63) is 40.9 Å². The lowest BCUT2D eigenvalue weighted by Crippen LogP contribution is -2.47. The number of ether oxygens (including phenoxy) is 3. The normalized spacial score (nSPS) is 12.0. The lowest BCUT2D eigenvalue weighted by atomic mass is 10.1. The molecule has 0 aliphatic carbocycles. The summed E-state index contributed by atoms with van der Waals surface area (Å²) in [6.45, 7) is 8.09. The second-order valence-corrected chi connectivity index (χ2v) is 7.65. The molecule has 0 radical (unpaired) electrons. The first kappa shape index (κ1) is 23.6. The smallest absolute Gasteiger partial charge is 0.408 e. The van der Waals surface area contributed by atoms with Gasteiger partial charge in [-0.1, -0.05) is 6.08 Å². The molecule has 0 aliphatic heterocycles. The van der Waals surface area contributed by atoms with Crippen LogP contribution in [0.25, 0.3) is 0 Å². The van der Waals surface area contributed by atoms with E-state index in [1.165, 1.54) is 12.1 Å². The Kier molecular flexibility index (Phi) is 9.14. The van der Waals surface area contributed by atoms with E-state index in [1.807, 2.05) is 0 Å². The molecule has 28 heavy (non-hydrogen) atoms. The van der Waals surface area contributed by atoms with Gasteiger partial charge in [-0.15, -0.1) is 6.58 Å². The van der Waals surface area contributed by atoms with Gasteiger partial charge in [0, 0.05) is 15.7 Å². The van der Waals surface area contributed by atoms with Crippen LogP contribution in [-0.4, -0.2) is 49.3 Å². The molecule has 1 amide bonds. The Bertz CT molecular complexity index is 730. The van der Waals surface area contributed by atoms with Gasteiger partial charge in [0.2, 0.25) is 5.78 Å². The summed E-state index contributed by atoms with van der Waals surface area (Å²) in [7, 11) is 0. The van der Waals surface area contributed by atoms with Crippen molar-refractivity contribution in [2.24, 2.45) is 0 Å². The molecule has 0 bridgehead atoms. The molecule has 1 aromatic rings. The highest BCUT2D eigenvalue weighted by Crippen LogP contribution is 2.20. The molecule has 0 unspecified atom stereocenters. The van der Waals surface area contributed by atoms with E-state index in [2.05, 4.69) is 27.8 Å². The first-order valence-corrected chi connectivity index (χ1v) is 9.26. The van der Waals surface area contributed by atoms with E-state index in [-0.39, 0.29) is 13.2 Å². The van der Waals surface area contributed by atoms with Gasteiger partial charge in [-0.05, 0) is 54.9 Å². The molecule has 0 aliphatic rings. The third kappa shape index (κ3) is 8.53. The average molecular weight is 457 g/mol. The predicted octanol–water partition coefficient (Wildman–Crippen LogP) is 2.85. The van der Waals surface area contributed by atoms with Crippen LogP contribution in [0, 0.1) is 0 Å². The SMILES string of the molecule is C=CCOC[C@H](NC(=O)OC(C)(C)C)C(=O)OCC(=O)c1ccc(N)cc1Br. The largest absolute Gasteiger partial charge is 0.456 e. The van der Waals surface area contributed by atoms with E-state index < -0.39 is 36.1 Å². The second-order valence-electron chi connectivity index (χ2n) is 6.80. The standard InChI is InChI=1S/C19H25BrN2O6/c1-5-8-26-10-15(22-18(25)28-19(2,3)4)17(24)27-11-16(23)13-7-6-12(21)9-14(13)20/h5-7,9,15H,1,8,10-11,21H2,2-4H3,(H,22,25)/t15-/m0/s1. The Morgan fingerprint density at radius 1 is 1.32 bits per heavy atom. The molecular formula is C19H25BrN2O6. The van der Waals surface area contributed by atoms with Gasteiger partial charge in [-0.3, -0.25) is 4.79 Å². The monoisotopic (exact) mass is 456 g/mol. The number of hydrogen-bond acceptors (Lipinski definition) is 7. The van der Waals surface area contributed by atoms with Crippen LogP contribution < -0.4 is 11.1 Å². The number of nitrogens with two attached hydrogens (primary N) is 1. The molecule has 3 N–H and O–H groups in total. The lowest BCUT2D eigenvalue weighted by molar-refractivity contribution is -0.146. The molecule has 0 heterocycles. The van der Waals surface area contributed by atoms with Gasteiger partial charge in [0.05, 0.1) is 13.2 Å². The number of alkyl carbamates (subject to hydrolysis) is 1. The molecule has 9 heteroatoms. The highest BCUT2D eigenvalue weighted by molar-refractivity contribution is 9.10. The van der Waals surface area contributed by atoms with Crippen LogP contribution >= 0.6 is 15.9 Å². The average Bonchev–Trinajstić information content (AvgIpc) is 2.57. The maximum absolute atomic E-state index is 12.3. The Morgan fingerprint density at radius 2 is 2.00 bits per heavy atom. The molecule has 1 atom stereocenters. The minimum absolute atomic E-state index is 0.163. The Labute approximate surface area is 172 Å². The Balaban J connectivity index is 2.72. The number of esters is 1. The number of halogens is 1. The topological polar surface area (TPSA) is 117 Å². The summed E-state index contributed by atoms with van der Waals surface area (Å²) in [6.07, 6.45) is 0.696. The molecule has 0 saturated carbocycles. The van der Waals surface area contributed by atoms with E-state index in [4.69, 9.17) is 19.9 Å². The Morgan fingerprint density at radius 3 is 2.57 bits per heavy atom. The van der Waals surface area contributed by atoms with E-state index >= 15 is 0 Å². The zero-order chi connectivity index (χ0) is 21.3. The summed E-state index contributed by atoms with van der Waals surface area (Å²) >= 11 is 3.24. The van der Waals surface area contributed by atoms with Gasteiger partial charge in [-0.2, -0.15) is 0 Å². The molecular weight excluding hydrogens is 432 g/mol. The number of rotatable bonds is 9. The molecule has 0 aromatic heterocycles. The van der Waals surface area contributed by atoms with E-state index in [1.54, 1.807) is 32.9 Å². The summed E-state index contributed by atoms with van der Waals surface area (Å²) < 4.78 is 15.9. The predicted molar refractivity (Wildman–Crippen MR) is 108 cm³/mol. The maximum atomic E-state index is 12.3. The number of benzene rings is 1. The van der Waals surface area contributed by atoms with Crippen LogP contribution in [-0.2, 0) is 19.0 Å². The van der Waals surface area contributed by atoms with Crippen LogP contribution in [0.4, 0.5) is 10.5 Å². The number of nitrogens with one attached hydrogen (secondary N) is 1. The van der Waals surface area contributed by atoms with Crippen molar-refractivity contribution in [1.29, 1.82) is 0 Å². The third-order valence-electron chi connectivity index (χ3n) is 3.13. The van der Waals surface area contributed by atoms with Crippen molar-refractivity contribution >= 4 is 39.5 Å². The minimum atomic E-state index is -1.14. The van der Waals surface area contributed by atoms with Crippen molar-refractivity contribution < 1.29 is 28.6 Å². The van der Waals surface area contributed by atoms with Gasteiger partial charge < -0.3 is 25.3 Å². The number of anilines is 1. The van der Waals surface area contributed by atoms with Crippen LogP contribution in [0.5, 0.6) is 0 Å². The summed E-state index contributed by atoms with van der Waals surface area (Å²) in [5.41, 5.74) is 5.71. The first-order valence-electron chi connectivity index (χ1n) is 8.46. The minimum Gasteiger partial charge on any atom is -0.456 e. The fourth-order valence-electron chi connectivity index (χ4n) is 1.96. The number of nitrogen functional groups attached to an aromatic ring is 1. The van der Waals surface area contributed by atoms with Crippen molar-refractivity contribution in [3.8, 4) is 0 Å². The van der Waals surface area contributed by atoms with Crippen LogP contribution in [0.2, 0.25) is 0 Å². The zero-order valence-electron chi connectivity index (χ0n) is 16.1. The molecule has 0 saturated heterocycles. The number of carbonyl (C=O) groups excluding carboxylic acids is 3. The number of carbonyl (C=O) groups is 3. The molecule has 0 spiro atoms. The number of amides is 1. The molecule has 1 rings (SSSR count). The summed E-state index contributed by atoms with van der Waals surface area (Å²) in [6, 6.07) is 3.53. The maximum Gasteiger partial charge on any atom is 0.408 e. The number of hydrogen-bond donors (Lipinski definition) is 2. The van der Waals surface area contributed by atoms with Gasteiger partial charge in [0.1, 0.15) is 5.60 Å². The number of Topliss-reactive ketones (excluding diaryl/α,β-unsaturated/α-hetero) is 1. The summed E-state index contributed by atoms with van der Waals surface area (Å²) in [4.78, 5) is 36.5. The van der Waals surface area contributed by atoms with Crippen LogP contribution in [0.3, 0.4) is 0 Å². The summed E-state index contributed by atoms with van der Waals surface area (Å²) in [5, 5.41) is 2.38. The molecule has 1 aromatic carbocycles. The third-order valence-corrected chi connectivity index (χ3v) is 3.79. The van der Waals surface area contributed by atoms with Crippen molar-refractivity contribution in [3.63, 3.8) is 0 Å². The van der Waals surface area contributed by atoms with Crippen molar-refractivity contribution in [1.82, 2.24) is 5.32 Å². The molecule has 154 valence electrons. The molecule has 0 fully saturated rings. The van der Waals surface area contributed by atoms with Gasteiger partial charge in [-0.25, -0.2) is 9.59 Å². The van der Waals surface area contributed by atoms with E-state index in [0.717, 1.165) is 0 Å². The van der Waals surface area contributed by atoms with Crippen LogP contribution in [0.15, 0.2) is 35.3 Å². The second kappa shape index (κ2) is 10.8. The van der Waals surface area contributed by atoms with Gasteiger partial charge in [0.25, 0.3) is 0 Å². The van der Waals surface area contributed by atoms with E-state index in [0.29, 0.717) is 15.7 Å². The van der Waals surface area contributed by atoms with Crippen molar-refractivity contribution in [2.45, 2.75) is 32.4 Å². The van der Waals surface area contributed by atoms with Gasteiger partial charge >= 0.3 is 12.1 Å². The fraction of sp³-hybridized carbons (Fsp3) is 0.421. The van der Waals surface area contributed by atoms with E-state index in [9.17, 15) is 14.4 Å². The first-order chi connectivity index (χ1) is 13.0. The van der Waals surface area contributed by atoms with Crippen LogP contribution in [0.1, 0.15) is 31.1 Å². The Hall–Kier alpha value is -2.39. The fourth-order valence-corrected chi connectivity index (χ4v) is 2.58. The summed E-state index contributed by atoms with van der Waals surface area (Å²) in [5.74, 6) is -1.25. The van der Waals surface area contributed by atoms with Crippen molar-refractivity contribution in [2.75, 3.05) is 25.6 Å². The van der Waals surface area contributed by atoms with Gasteiger partial charge in [0.15, 0.2) is 12.6 Å². The highest BCUT2D eigenvalue weighted by atomic mass is 79.9. The highest BCUT2D eigenvalue weighted by Gasteiger charge is 2.26. The quantitative estimate of drug-likeness (QED) is 0.193. The molecule has 8 nitrogen and oxygen atoms in total. The number of ketones is 1.